The molecule has 2 heterocycles. The van der Waals surface area contributed by atoms with Gasteiger partial charge in [-0.05, 0) is 24.3 Å². The van der Waals surface area contributed by atoms with Crippen molar-refractivity contribution in [1.82, 2.24) is 9.97 Å². The minimum absolute atomic E-state index is 0.272. The van der Waals surface area contributed by atoms with Crippen molar-refractivity contribution in [3.05, 3.63) is 52.5 Å². The Labute approximate surface area is 125 Å². The van der Waals surface area contributed by atoms with Gasteiger partial charge in [-0.3, -0.25) is 0 Å². The SMILES string of the molecule is O=C(O)c1cccc2nc(NCCc3cscn3)ccc12. The molecule has 106 valence electrons. The van der Waals surface area contributed by atoms with Crippen molar-refractivity contribution in [1.29, 1.82) is 0 Å². The molecule has 3 aromatic rings. The smallest absolute Gasteiger partial charge is 0.336 e. The minimum Gasteiger partial charge on any atom is -0.478 e. The van der Waals surface area contributed by atoms with Crippen LogP contribution in [-0.2, 0) is 6.42 Å². The molecule has 2 N–H and O–H groups in total. The first-order valence-corrected chi connectivity index (χ1v) is 7.42. The van der Waals surface area contributed by atoms with Crippen molar-refractivity contribution in [3.8, 4) is 0 Å². The monoisotopic (exact) mass is 299 g/mol. The van der Waals surface area contributed by atoms with E-state index in [2.05, 4.69) is 15.3 Å². The van der Waals surface area contributed by atoms with Gasteiger partial charge in [0.25, 0.3) is 0 Å². The molecule has 0 amide bonds. The zero-order chi connectivity index (χ0) is 14.7. The van der Waals surface area contributed by atoms with Crippen LogP contribution >= 0.6 is 11.3 Å². The van der Waals surface area contributed by atoms with Gasteiger partial charge in [0.05, 0.1) is 22.3 Å². The van der Waals surface area contributed by atoms with E-state index < -0.39 is 5.97 Å². The number of anilines is 1. The van der Waals surface area contributed by atoms with E-state index in [9.17, 15) is 4.79 Å². The van der Waals surface area contributed by atoms with Crippen LogP contribution in [0.3, 0.4) is 0 Å². The molecule has 0 spiro atoms. The van der Waals surface area contributed by atoms with E-state index in [0.717, 1.165) is 24.5 Å². The highest BCUT2D eigenvalue weighted by Gasteiger charge is 2.08. The van der Waals surface area contributed by atoms with Gasteiger partial charge in [-0.25, -0.2) is 14.8 Å². The van der Waals surface area contributed by atoms with Crippen LogP contribution in [0.1, 0.15) is 16.1 Å². The lowest BCUT2D eigenvalue weighted by Gasteiger charge is -2.07. The van der Waals surface area contributed by atoms with Gasteiger partial charge in [0, 0.05) is 23.7 Å². The standard InChI is InChI=1S/C15H13N3O2S/c19-15(20)12-2-1-3-13-11(12)4-5-14(18-13)16-7-6-10-8-21-9-17-10/h1-5,8-9H,6-7H2,(H,16,18)(H,19,20). The first-order valence-electron chi connectivity index (χ1n) is 6.48. The lowest BCUT2D eigenvalue weighted by Crippen LogP contribution is -2.06. The Bertz CT molecular complexity index is 772. The largest absolute Gasteiger partial charge is 0.478 e. The second kappa shape index (κ2) is 5.88. The van der Waals surface area contributed by atoms with Gasteiger partial charge in [-0.15, -0.1) is 11.3 Å². The van der Waals surface area contributed by atoms with E-state index in [0.29, 0.717) is 10.9 Å². The summed E-state index contributed by atoms with van der Waals surface area (Å²) >= 11 is 1.58. The van der Waals surface area contributed by atoms with E-state index in [-0.39, 0.29) is 5.56 Å². The van der Waals surface area contributed by atoms with Crippen molar-refractivity contribution >= 4 is 34.0 Å². The lowest BCUT2D eigenvalue weighted by atomic mass is 10.1. The number of fused-ring (bicyclic) bond motifs is 1. The van der Waals surface area contributed by atoms with Gasteiger partial charge < -0.3 is 10.4 Å². The number of pyridine rings is 1. The number of hydrogen-bond acceptors (Lipinski definition) is 5. The fourth-order valence-corrected chi connectivity index (χ4v) is 2.71. The first-order chi connectivity index (χ1) is 10.2. The molecule has 1 aromatic carbocycles. The molecule has 5 nitrogen and oxygen atoms in total. The van der Waals surface area contributed by atoms with E-state index in [1.54, 1.807) is 35.6 Å². The number of thiazole rings is 1. The summed E-state index contributed by atoms with van der Waals surface area (Å²) in [5.41, 5.74) is 3.82. The van der Waals surface area contributed by atoms with Crippen LogP contribution in [0.15, 0.2) is 41.2 Å². The van der Waals surface area contributed by atoms with E-state index in [1.807, 2.05) is 17.0 Å². The number of benzene rings is 1. The Kier molecular flexibility index (Phi) is 3.79. The average Bonchev–Trinajstić information content (AvgIpc) is 2.99. The van der Waals surface area contributed by atoms with Gasteiger partial charge in [-0.1, -0.05) is 6.07 Å². The molecule has 2 aromatic heterocycles. The van der Waals surface area contributed by atoms with Crippen LogP contribution in [0, 0.1) is 0 Å². The van der Waals surface area contributed by atoms with E-state index in [1.165, 1.54) is 0 Å². The Balaban J connectivity index is 1.76. The third-order valence-electron chi connectivity index (χ3n) is 3.13. The van der Waals surface area contributed by atoms with Gasteiger partial charge in [0.2, 0.25) is 0 Å². The molecular formula is C15H13N3O2S. The summed E-state index contributed by atoms with van der Waals surface area (Å²) in [6, 6.07) is 8.69. The number of aromatic nitrogens is 2. The third-order valence-corrected chi connectivity index (χ3v) is 3.77. The molecule has 3 rings (SSSR count). The van der Waals surface area contributed by atoms with Crippen LogP contribution in [0.4, 0.5) is 5.82 Å². The van der Waals surface area contributed by atoms with Gasteiger partial charge in [0.15, 0.2) is 0 Å². The van der Waals surface area contributed by atoms with Crippen LogP contribution < -0.4 is 5.32 Å². The summed E-state index contributed by atoms with van der Waals surface area (Å²) in [6.07, 6.45) is 0.832. The molecule has 0 fully saturated rings. The van der Waals surface area contributed by atoms with Crippen LogP contribution in [0.25, 0.3) is 10.9 Å². The van der Waals surface area contributed by atoms with Crippen LogP contribution in [-0.4, -0.2) is 27.6 Å². The summed E-state index contributed by atoms with van der Waals surface area (Å²) in [5, 5.41) is 15.1. The van der Waals surface area contributed by atoms with E-state index in [4.69, 9.17) is 5.11 Å². The molecule has 0 saturated heterocycles. The Morgan fingerprint density at radius 3 is 2.95 bits per heavy atom. The van der Waals surface area contributed by atoms with Crippen LogP contribution in [0.5, 0.6) is 0 Å². The number of nitrogens with zero attached hydrogens (tertiary/aromatic N) is 2. The normalized spacial score (nSPS) is 10.7. The fraction of sp³-hybridized carbons (Fsp3) is 0.133. The second-order valence-electron chi connectivity index (χ2n) is 4.53. The lowest BCUT2D eigenvalue weighted by molar-refractivity contribution is 0.0699. The number of carboxylic acid groups (broad SMARTS) is 1. The van der Waals surface area contributed by atoms with Gasteiger partial charge in [-0.2, -0.15) is 0 Å². The van der Waals surface area contributed by atoms with Crippen molar-refractivity contribution in [2.45, 2.75) is 6.42 Å². The molecule has 6 heteroatoms. The number of carboxylic acids is 1. The maximum absolute atomic E-state index is 11.2. The first kappa shape index (κ1) is 13.5. The Hall–Kier alpha value is -2.47. The quantitative estimate of drug-likeness (QED) is 0.757. The summed E-state index contributed by atoms with van der Waals surface area (Å²) in [7, 11) is 0. The number of carbonyl (C=O) groups is 1. The molecule has 0 atom stereocenters. The predicted octanol–water partition coefficient (Wildman–Crippen LogP) is 3.04. The van der Waals surface area contributed by atoms with Crippen molar-refractivity contribution in [2.24, 2.45) is 0 Å². The zero-order valence-electron chi connectivity index (χ0n) is 11.1. The number of hydrogen-bond donors (Lipinski definition) is 2. The Morgan fingerprint density at radius 1 is 1.29 bits per heavy atom. The molecule has 0 radical (unpaired) electrons. The molecule has 0 bridgehead atoms. The molecule has 0 aliphatic heterocycles. The number of nitrogens with one attached hydrogen (secondary N) is 1. The summed E-state index contributed by atoms with van der Waals surface area (Å²) in [4.78, 5) is 19.8. The molecule has 0 aliphatic rings. The fourth-order valence-electron chi connectivity index (χ4n) is 2.12. The highest BCUT2D eigenvalue weighted by molar-refractivity contribution is 7.07. The predicted molar refractivity (Wildman–Crippen MR) is 83.0 cm³/mol. The van der Waals surface area contributed by atoms with Gasteiger partial charge in [0.1, 0.15) is 5.82 Å². The topological polar surface area (TPSA) is 75.1 Å². The minimum atomic E-state index is -0.938. The summed E-state index contributed by atoms with van der Waals surface area (Å²) < 4.78 is 0. The molecule has 0 aliphatic carbocycles. The Morgan fingerprint density at radius 2 is 2.19 bits per heavy atom. The van der Waals surface area contributed by atoms with E-state index >= 15 is 0 Å². The summed E-state index contributed by atoms with van der Waals surface area (Å²) in [6.45, 7) is 0.737. The maximum Gasteiger partial charge on any atom is 0.336 e. The highest BCUT2D eigenvalue weighted by atomic mass is 32.1. The zero-order valence-corrected chi connectivity index (χ0v) is 11.9. The highest BCUT2D eigenvalue weighted by Crippen LogP contribution is 2.19. The maximum atomic E-state index is 11.2. The van der Waals surface area contributed by atoms with Crippen molar-refractivity contribution < 1.29 is 9.90 Å². The molecule has 0 unspecified atom stereocenters. The molecular weight excluding hydrogens is 286 g/mol. The number of aromatic carboxylic acids is 1. The summed E-state index contributed by atoms with van der Waals surface area (Å²) in [5.74, 6) is -0.202. The average molecular weight is 299 g/mol. The van der Waals surface area contributed by atoms with Crippen molar-refractivity contribution in [2.75, 3.05) is 11.9 Å². The van der Waals surface area contributed by atoms with Crippen molar-refractivity contribution in [3.63, 3.8) is 0 Å². The number of rotatable bonds is 5. The van der Waals surface area contributed by atoms with Crippen LogP contribution in [0.2, 0.25) is 0 Å². The second-order valence-corrected chi connectivity index (χ2v) is 5.25. The third kappa shape index (κ3) is 3.00. The van der Waals surface area contributed by atoms with Gasteiger partial charge >= 0.3 is 5.97 Å². The molecule has 0 saturated carbocycles. The molecule has 21 heavy (non-hydrogen) atoms.